The van der Waals surface area contributed by atoms with Crippen LogP contribution in [0.4, 0.5) is 10.5 Å². The molecule has 2 heterocycles. The van der Waals surface area contributed by atoms with Crippen LogP contribution in [0.15, 0.2) is 42.7 Å². The SMILES string of the molecule is CC(=O)Nc1cnn([C@H]2C[C@@H](COCC(=O)N(C)C)N(C(=O)NCc3ccccc3)C2)c1. The number of anilines is 1. The van der Waals surface area contributed by atoms with E-state index in [0.717, 1.165) is 5.56 Å². The molecule has 2 N–H and O–H groups in total. The summed E-state index contributed by atoms with van der Waals surface area (Å²) in [5, 5.41) is 10.0. The van der Waals surface area contributed by atoms with Crippen LogP contribution < -0.4 is 10.6 Å². The maximum atomic E-state index is 13.0. The van der Waals surface area contributed by atoms with Gasteiger partial charge >= 0.3 is 6.03 Å². The van der Waals surface area contributed by atoms with Crippen LogP contribution in [0.1, 0.15) is 24.9 Å². The largest absolute Gasteiger partial charge is 0.369 e. The molecule has 3 rings (SSSR count). The Hall–Kier alpha value is -3.40. The number of aromatic nitrogens is 2. The molecule has 172 valence electrons. The van der Waals surface area contributed by atoms with Crippen LogP contribution in [-0.4, -0.2) is 77.3 Å². The standard InChI is InChI=1S/C22H30N6O4/c1-16(29)25-18-11-24-28(12-18)19-9-20(14-32-15-21(30)26(2)3)27(13-19)22(31)23-10-17-7-5-4-6-8-17/h4-8,11-12,19-20H,9-10,13-15H2,1-3H3,(H,23,31)(H,25,29)/t19-,20-/m0/s1. The van der Waals surface area contributed by atoms with Gasteiger partial charge < -0.3 is 25.2 Å². The highest BCUT2D eigenvalue weighted by Crippen LogP contribution is 2.28. The van der Waals surface area contributed by atoms with Gasteiger partial charge in [0.15, 0.2) is 0 Å². The molecule has 1 fully saturated rings. The molecule has 10 heteroatoms. The molecule has 2 atom stereocenters. The average Bonchev–Trinajstić information content (AvgIpc) is 3.39. The normalized spacial score (nSPS) is 17.8. The zero-order valence-electron chi connectivity index (χ0n) is 18.7. The number of ether oxygens (including phenoxy) is 1. The van der Waals surface area contributed by atoms with Crippen molar-refractivity contribution in [1.29, 1.82) is 0 Å². The van der Waals surface area contributed by atoms with Gasteiger partial charge in [-0.05, 0) is 12.0 Å². The number of hydrogen-bond acceptors (Lipinski definition) is 5. The Morgan fingerprint density at radius 2 is 1.97 bits per heavy atom. The first-order chi connectivity index (χ1) is 15.3. The Morgan fingerprint density at radius 1 is 1.22 bits per heavy atom. The topological polar surface area (TPSA) is 109 Å². The van der Waals surface area contributed by atoms with E-state index in [1.165, 1.54) is 11.8 Å². The van der Waals surface area contributed by atoms with Crippen LogP contribution in [0.5, 0.6) is 0 Å². The Kier molecular flexibility index (Phi) is 7.82. The van der Waals surface area contributed by atoms with Gasteiger partial charge in [-0.15, -0.1) is 0 Å². The van der Waals surface area contributed by atoms with Gasteiger partial charge in [0.2, 0.25) is 11.8 Å². The lowest BCUT2D eigenvalue weighted by molar-refractivity contribution is -0.134. The molecule has 1 aromatic carbocycles. The van der Waals surface area contributed by atoms with Gasteiger partial charge in [0, 0.05) is 40.3 Å². The van der Waals surface area contributed by atoms with Crippen LogP contribution in [0.2, 0.25) is 0 Å². The van der Waals surface area contributed by atoms with E-state index in [2.05, 4.69) is 15.7 Å². The van der Waals surface area contributed by atoms with Crippen molar-refractivity contribution in [2.24, 2.45) is 0 Å². The lowest BCUT2D eigenvalue weighted by Gasteiger charge is -2.25. The Morgan fingerprint density at radius 3 is 2.66 bits per heavy atom. The zero-order chi connectivity index (χ0) is 23.1. The monoisotopic (exact) mass is 442 g/mol. The van der Waals surface area contributed by atoms with Crippen molar-refractivity contribution < 1.29 is 19.1 Å². The first-order valence-electron chi connectivity index (χ1n) is 10.5. The van der Waals surface area contributed by atoms with E-state index in [1.807, 2.05) is 30.3 Å². The number of carbonyl (C=O) groups is 3. The fourth-order valence-corrected chi connectivity index (χ4v) is 3.58. The summed E-state index contributed by atoms with van der Waals surface area (Å²) in [4.78, 5) is 39.3. The lowest BCUT2D eigenvalue weighted by Crippen LogP contribution is -2.44. The Bertz CT molecular complexity index is 930. The molecule has 0 unspecified atom stereocenters. The molecule has 32 heavy (non-hydrogen) atoms. The molecular formula is C22H30N6O4. The first-order valence-corrected chi connectivity index (χ1v) is 10.5. The summed E-state index contributed by atoms with van der Waals surface area (Å²) in [6.45, 7) is 2.50. The highest BCUT2D eigenvalue weighted by Gasteiger charge is 2.37. The molecule has 0 radical (unpaired) electrons. The highest BCUT2D eigenvalue weighted by molar-refractivity contribution is 5.88. The second-order valence-corrected chi connectivity index (χ2v) is 8.03. The maximum absolute atomic E-state index is 13.0. The number of benzene rings is 1. The molecule has 1 aliphatic heterocycles. The third kappa shape index (κ3) is 6.30. The molecule has 1 saturated heterocycles. The summed E-state index contributed by atoms with van der Waals surface area (Å²) >= 11 is 0. The number of amides is 4. The predicted octanol–water partition coefficient (Wildman–Crippen LogP) is 1.47. The van der Waals surface area contributed by atoms with Crippen molar-refractivity contribution >= 4 is 23.5 Å². The van der Waals surface area contributed by atoms with E-state index < -0.39 is 0 Å². The molecule has 0 bridgehead atoms. The molecule has 0 saturated carbocycles. The van der Waals surface area contributed by atoms with Crippen molar-refractivity contribution in [2.45, 2.75) is 32.0 Å². The molecule has 1 aromatic heterocycles. The summed E-state index contributed by atoms with van der Waals surface area (Å²) < 4.78 is 7.38. The zero-order valence-corrected chi connectivity index (χ0v) is 18.7. The number of nitrogens with one attached hydrogen (secondary N) is 2. The quantitative estimate of drug-likeness (QED) is 0.644. The number of nitrogens with zero attached hydrogens (tertiary/aromatic N) is 4. The van der Waals surface area contributed by atoms with Crippen LogP contribution in [0.25, 0.3) is 0 Å². The van der Waals surface area contributed by atoms with E-state index in [1.54, 1.807) is 36.1 Å². The van der Waals surface area contributed by atoms with Gasteiger partial charge in [-0.3, -0.25) is 14.3 Å². The van der Waals surface area contributed by atoms with Crippen molar-refractivity contribution in [3.8, 4) is 0 Å². The van der Waals surface area contributed by atoms with E-state index in [-0.39, 0.29) is 43.1 Å². The third-order valence-corrected chi connectivity index (χ3v) is 5.27. The average molecular weight is 443 g/mol. The number of hydrogen-bond donors (Lipinski definition) is 2. The summed E-state index contributed by atoms with van der Waals surface area (Å²) in [6, 6.07) is 9.21. The second kappa shape index (κ2) is 10.8. The molecule has 10 nitrogen and oxygen atoms in total. The number of urea groups is 1. The van der Waals surface area contributed by atoms with Gasteiger partial charge in [0.05, 0.1) is 30.6 Å². The predicted molar refractivity (Wildman–Crippen MR) is 119 cm³/mol. The minimum atomic E-state index is -0.209. The summed E-state index contributed by atoms with van der Waals surface area (Å²) in [7, 11) is 3.34. The summed E-state index contributed by atoms with van der Waals surface area (Å²) in [5.74, 6) is -0.304. The summed E-state index contributed by atoms with van der Waals surface area (Å²) in [5.41, 5.74) is 1.61. The van der Waals surface area contributed by atoms with Crippen molar-refractivity contribution in [2.75, 3.05) is 39.2 Å². The van der Waals surface area contributed by atoms with Crippen molar-refractivity contribution in [3.63, 3.8) is 0 Å². The Balaban J connectivity index is 1.65. The number of likely N-dealkylation sites (N-methyl/N-ethyl adjacent to an activating group) is 1. The molecule has 4 amide bonds. The minimum absolute atomic E-state index is 0.0396. The van der Waals surface area contributed by atoms with Crippen LogP contribution >= 0.6 is 0 Å². The number of likely N-dealkylation sites (tertiary alicyclic amines) is 1. The van der Waals surface area contributed by atoms with E-state index in [0.29, 0.717) is 25.2 Å². The van der Waals surface area contributed by atoms with E-state index in [4.69, 9.17) is 4.74 Å². The number of carbonyl (C=O) groups excluding carboxylic acids is 3. The van der Waals surface area contributed by atoms with Gasteiger partial charge in [0.1, 0.15) is 6.61 Å². The third-order valence-electron chi connectivity index (χ3n) is 5.27. The smallest absolute Gasteiger partial charge is 0.318 e. The van der Waals surface area contributed by atoms with E-state index >= 15 is 0 Å². The van der Waals surface area contributed by atoms with Gasteiger partial charge in [-0.25, -0.2) is 4.79 Å². The van der Waals surface area contributed by atoms with Crippen LogP contribution in [0, 0.1) is 0 Å². The summed E-state index contributed by atoms with van der Waals surface area (Å²) in [6.07, 6.45) is 3.96. The maximum Gasteiger partial charge on any atom is 0.318 e. The van der Waals surface area contributed by atoms with Crippen molar-refractivity contribution in [3.05, 3.63) is 48.3 Å². The van der Waals surface area contributed by atoms with E-state index in [9.17, 15) is 14.4 Å². The second-order valence-electron chi connectivity index (χ2n) is 8.03. The van der Waals surface area contributed by atoms with Gasteiger partial charge in [0.25, 0.3) is 0 Å². The molecule has 0 aliphatic carbocycles. The fraction of sp³-hybridized carbons (Fsp3) is 0.455. The Labute approximate surface area is 187 Å². The van der Waals surface area contributed by atoms with Crippen LogP contribution in [-0.2, 0) is 20.9 Å². The molecule has 2 aromatic rings. The van der Waals surface area contributed by atoms with Crippen molar-refractivity contribution in [1.82, 2.24) is 24.9 Å². The van der Waals surface area contributed by atoms with Gasteiger partial charge in [-0.2, -0.15) is 5.10 Å². The first kappa shape index (κ1) is 23.3. The molecule has 1 aliphatic rings. The minimum Gasteiger partial charge on any atom is -0.369 e. The fourth-order valence-electron chi connectivity index (χ4n) is 3.58. The highest BCUT2D eigenvalue weighted by atomic mass is 16.5. The molecular weight excluding hydrogens is 412 g/mol. The van der Waals surface area contributed by atoms with Crippen LogP contribution in [0.3, 0.4) is 0 Å². The lowest BCUT2D eigenvalue weighted by atomic mass is 10.2. The van der Waals surface area contributed by atoms with Gasteiger partial charge in [-0.1, -0.05) is 30.3 Å². The molecule has 0 spiro atoms. The number of rotatable bonds is 8.